The molecule has 0 aliphatic carbocycles. The van der Waals surface area contributed by atoms with Crippen LogP contribution in [0.3, 0.4) is 0 Å². The maximum Gasteiger partial charge on any atom is 0.326 e. The Balaban J connectivity index is 2.34. The number of rotatable bonds is 4. The fourth-order valence-electron chi connectivity index (χ4n) is 2.11. The fraction of sp³-hybridized carbons (Fsp3) is 0.267. The number of aryl methyl sites for hydroxylation is 1. The van der Waals surface area contributed by atoms with Crippen LogP contribution >= 0.6 is 24.0 Å². The van der Waals surface area contributed by atoms with E-state index in [1.165, 1.54) is 4.90 Å². The molecule has 1 heterocycles. The Morgan fingerprint density at radius 1 is 1.48 bits per heavy atom. The van der Waals surface area contributed by atoms with Gasteiger partial charge < -0.3 is 5.11 Å². The average Bonchev–Trinajstić information content (AvgIpc) is 2.70. The Morgan fingerprint density at radius 3 is 2.71 bits per heavy atom. The number of carbonyl (C=O) groups excluding carboxylic acids is 1. The number of carboxylic acid groups (broad SMARTS) is 1. The van der Waals surface area contributed by atoms with Gasteiger partial charge >= 0.3 is 5.97 Å². The summed E-state index contributed by atoms with van der Waals surface area (Å²) in [7, 11) is 0. The number of hydrogen-bond donors (Lipinski definition) is 1. The van der Waals surface area contributed by atoms with Crippen molar-refractivity contribution in [3.05, 3.63) is 40.3 Å². The minimum absolute atomic E-state index is 0.300. The summed E-state index contributed by atoms with van der Waals surface area (Å²) in [5.74, 6) is -1.37. The normalized spacial score (nSPS) is 18.4. The number of carboxylic acids is 1. The lowest BCUT2D eigenvalue weighted by Gasteiger charge is -2.21. The van der Waals surface area contributed by atoms with E-state index in [0.717, 1.165) is 22.9 Å². The zero-order valence-electron chi connectivity index (χ0n) is 11.7. The molecule has 0 spiro atoms. The number of amides is 1. The van der Waals surface area contributed by atoms with Crippen LogP contribution in [0.2, 0.25) is 0 Å². The van der Waals surface area contributed by atoms with Gasteiger partial charge in [0, 0.05) is 0 Å². The van der Waals surface area contributed by atoms with Gasteiger partial charge in [0.15, 0.2) is 0 Å². The summed E-state index contributed by atoms with van der Waals surface area (Å²) in [5, 5.41) is 9.21. The first-order valence-corrected chi connectivity index (χ1v) is 7.73. The van der Waals surface area contributed by atoms with E-state index in [2.05, 4.69) is 0 Å². The standard InChI is InChI=1S/C15H15NO3S2/c1-3-11(14(18)19)16-13(17)12(21-15(16)20)8-10-7-5-4-6-9(10)2/h4-8,11H,3H2,1-2H3,(H,18,19)/b12-8+/t11-/m1/s1. The maximum absolute atomic E-state index is 12.4. The van der Waals surface area contributed by atoms with Crippen LogP contribution in [0.5, 0.6) is 0 Å². The summed E-state index contributed by atoms with van der Waals surface area (Å²) in [6.07, 6.45) is 2.09. The van der Waals surface area contributed by atoms with Gasteiger partial charge in [-0.25, -0.2) is 4.79 Å². The van der Waals surface area contributed by atoms with Crippen LogP contribution in [0.1, 0.15) is 24.5 Å². The van der Waals surface area contributed by atoms with Crippen LogP contribution in [0, 0.1) is 6.92 Å². The van der Waals surface area contributed by atoms with Crippen LogP contribution in [0.15, 0.2) is 29.2 Å². The minimum Gasteiger partial charge on any atom is -0.480 e. The van der Waals surface area contributed by atoms with Crippen molar-refractivity contribution >= 4 is 46.3 Å². The largest absolute Gasteiger partial charge is 0.480 e. The molecule has 2 rings (SSSR count). The highest BCUT2D eigenvalue weighted by molar-refractivity contribution is 8.26. The van der Waals surface area contributed by atoms with Gasteiger partial charge in [-0.15, -0.1) is 0 Å². The van der Waals surface area contributed by atoms with Gasteiger partial charge in [0.2, 0.25) is 0 Å². The highest BCUT2D eigenvalue weighted by atomic mass is 32.2. The van der Waals surface area contributed by atoms with Crippen LogP contribution in [-0.2, 0) is 9.59 Å². The lowest BCUT2D eigenvalue weighted by Crippen LogP contribution is -2.43. The third kappa shape index (κ3) is 3.16. The number of thioether (sulfide) groups is 1. The molecule has 1 N–H and O–H groups in total. The first-order valence-electron chi connectivity index (χ1n) is 6.51. The van der Waals surface area contributed by atoms with Crippen LogP contribution in [-0.4, -0.2) is 32.2 Å². The molecule has 0 aromatic heterocycles. The zero-order valence-corrected chi connectivity index (χ0v) is 13.3. The van der Waals surface area contributed by atoms with E-state index in [-0.39, 0.29) is 5.91 Å². The lowest BCUT2D eigenvalue weighted by atomic mass is 10.1. The summed E-state index contributed by atoms with van der Waals surface area (Å²) < 4.78 is 0.300. The number of thiocarbonyl (C=S) groups is 1. The molecule has 21 heavy (non-hydrogen) atoms. The molecule has 0 saturated carbocycles. The molecule has 1 atom stereocenters. The van der Waals surface area contributed by atoms with Gasteiger partial charge in [0.25, 0.3) is 5.91 Å². The van der Waals surface area contributed by atoms with E-state index in [4.69, 9.17) is 12.2 Å². The fourth-order valence-corrected chi connectivity index (χ4v) is 3.45. The summed E-state index contributed by atoms with van der Waals surface area (Å²) in [4.78, 5) is 25.3. The molecular weight excluding hydrogens is 306 g/mol. The third-order valence-corrected chi connectivity index (χ3v) is 4.61. The Hall–Kier alpha value is -1.66. The SMILES string of the molecule is CC[C@H](C(=O)O)N1C(=O)/C(=C\c2ccccc2C)SC1=S. The molecule has 4 nitrogen and oxygen atoms in total. The van der Waals surface area contributed by atoms with Crippen molar-refractivity contribution in [2.45, 2.75) is 26.3 Å². The number of hydrogen-bond acceptors (Lipinski definition) is 4. The van der Waals surface area contributed by atoms with Crippen molar-refractivity contribution in [3.63, 3.8) is 0 Å². The van der Waals surface area contributed by atoms with E-state index in [9.17, 15) is 14.7 Å². The Morgan fingerprint density at radius 2 is 2.14 bits per heavy atom. The van der Waals surface area contributed by atoms with Gasteiger partial charge in [0.05, 0.1) is 4.91 Å². The van der Waals surface area contributed by atoms with Crippen molar-refractivity contribution in [2.75, 3.05) is 0 Å². The summed E-state index contributed by atoms with van der Waals surface area (Å²) in [6.45, 7) is 3.68. The van der Waals surface area contributed by atoms with E-state index >= 15 is 0 Å². The van der Waals surface area contributed by atoms with Gasteiger partial charge in [0.1, 0.15) is 10.4 Å². The smallest absolute Gasteiger partial charge is 0.326 e. The highest BCUT2D eigenvalue weighted by Crippen LogP contribution is 2.34. The molecule has 110 valence electrons. The van der Waals surface area contributed by atoms with E-state index in [1.807, 2.05) is 31.2 Å². The zero-order chi connectivity index (χ0) is 15.6. The van der Waals surface area contributed by atoms with Gasteiger partial charge in [-0.2, -0.15) is 0 Å². The summed E-state index contributed by atoms with van der Waals surface area (Å²) in [5.41, 5.74) is 1.98. The molecule has 1 aromatic rings. The molecule has 6 heteroatoms. The highest BCUT2D eigenvalue weighted by Gasteiger charge is 2.39. The first kappa shape index (κ1) is 15.7. The average molecular weight is 321 g/mol. The van der Waals surface area contributed by atoms with Gasteiger partial charge in [-0.05, 0) is 30.5 Å². The molecule has 1 fully saturated rings. The van der Waals surface area contributed by atoms with Gasteiger partial charge in [-0.1, -0.05) is 55.2 Å². The topological polar surface area (TPSA) is 57.6 Å². The molecule has 1 aromatic carbocycles. The maximum atomic E-state index is 12.4. The van der Waals surface area contributed by atoms with E-state index in [1.54, 1.807) is 13.0 Å². The second kappa shape index (κ2) is 6.41. The summed E-state index contributed by atoms with van der Waals surface area (Å²) in [6, 6.07) is 6.79. The van der Waals surface area contributed by atoms with Crippen molar-refractivity contribution in [3.8, 4) is 0 Å². The molecular formula is C15H15NO3S2. The quantitative estimate of drug-likeness (QED) is 0.682. The second-order valence-corrected chi connectivity index (χ2v) is 6.35. The Bertz CT molecular complexity index is 640. The Kier molecular flexibility index (Phi) is 4.80. The molecule has 1 aliphatic rings. The predicted molar refractivity (Wildman–Crippen MR) is 87.9 cm³/mol. The molecule has 0 bridgehead atoms. The molecule has 1 amide bonds. The number of aliphatic carboxylic acids is 1. The molecule has 0 unspecified atom stereocenters. The van der Waals surface area contributed by atoms with Crippen molar-refractivity contribution in [2.24, 2.45) is 0 Å². The van der Waals surface area contributed by atoms with E-state index in [0.29, 0.717) is 15.6 Å². The third-order valence-electron chi connectivity index (χ3n) is 3.28. The van der Waals surface area contributed by atoms with Crippen LogP contribution in [0.25, 0.3) is 6.08 Å². The van der Waals surface area contributed by atoms with E-state index < -0.39 is 12.0 Å². The molecule has 1 saturated heterocycles. The summed E-state index contributed by atoms with van der Waals surface area (Å²) >= 11 is 6.32. The lowest BCUT2D eigenvalue weighted by molar-refractivity contribution is -0.145. The van der Waals surface area contributed by atoms with Crippen LogP contribution < -0.4 is 0 Å². The monoisotopic (exact) mass is 321 g/mol. The van der Waals surface area contributed by atoms with Crippen molar-refractivity contribution < 1.29 is 14.7 Å². The van der Waals surface area contributed by atoms with Crippen LogP contribution in [0.4, 0.5) is 0 Å². The molecule has 0 radical (unpaired) electrons. The number of carbonyl (C=O) groups is 2. The first-order chi connectivity index (χ1) is 9.95. The number of nitrogens with zero attached hydrogens (tertiary/aromatic N) is 1. The van der Waals surface area contributed by atoms with Gasteiger partial charge in [-0.3, -0.25) is 9.69 Å². The number of benzene rings is 1. The Labute approximate surface area is 132 Å². The predicted octanol–water partition coefficient (Wildman–Crippen LogP) is 3.06. The minimum atomic E-state index is -1.04. The van der Waals surface area contributed by atoms with Crippen molar-refractivity contribution in [1.29, 1.82) is 0 Å². The second-order valence-electron chi connectivity index (χ2n) is 4.67. The molecule has 1 aliphatic heterocycles. The van der Waals surface area contributed by atoms with Crippen molar-refractivity contribution in [1.82, 2.24) is 4.90 Å².